The SMILES string of the molecule is N[C@H](CCCNC1CCCc2cccnc21)NCc1nc2ccccc2[nH]1. The lowest BCUT2D eigenvalue weighted by Crippen LogP contribution is -2.38. The van der Waals surface area contributed by atoms with Gasteiger partial charge in [0.2, 0.25) is 0 Å². The molecule has 0 saturated carbocycles. The monoisotopic (exact) mass is 364 g/mol. The third-order valence-corrected chi connectivity index (χ3v) is 5.25. The molecule has 0 saturated heterocycles. The van der Waals surface area contributed by atoms with E-state index in [0.717, 1.165) is 42.7 Å². The summed E-state index contributed by atoms with van der Waals surface area (Å²) < 4.78 is 0. The first-order valence-electron chi connectivity index (χ1n) is 9.89. The zero-order valence-electron chi connectivity index (χ0n) is 15.6. The number of aryl methyl sites for hydroxylation is 1. The number of para-hydroxylation sites is 2. The molecule has 0 radical (unpaired) electrons. The Hall–Kier alpha value is -2.28. The average molecular weight is 364 g/mol. The van der Waals surface area contributed by atoms with Gasteiger partial charge in [-0.05, 0) is 62.4 Å². The van der Waals surface area contributed by atoms with E-state index in [1.165, 1.54) is 24.1 Å². The fraction of sp³-hybridized carbons (Fsp3) is 0.429. The van der Waals surface area contributed by atoms with Gasteiger partial charge in [0.05, 0.1) is 29.4 Å². The molecule has 2 atom stereocenters. The van der Waals surface area contributed by atoms with Crippen LogP contribution in [0.1, 0.15) is 48.8 Å². The molecule has 0 fully saturated rings. The Balaban J connectivity index is 1.18. The van der Waals surface area contributed by atoms with Gasteiger partial charge in [-0.25, -0.2) is 4.98 Å². The first-order chi connectivity index (χ1) is 13.3. The number of nitrogens with zero attached hydrogens (tertiary/aromatic N) is 2. The van der Waals surface area contributed by atoms with Crippen LogP contribution in [0.3, 0.4) is 0 Å². The second-order valence-corrected chi connectivity index (χ2v) is 7.28. The van der Waals surface area contributed by atoms with E-state index < -0.39 is 0 Å². The predicted octanol–water partition coefficient (Wildman–Crippen LogP) is 2.78. The number of pyridine rings is 1. The fourth-order valence-electron chi connectivity index (χ4n) is 3.83. The Morgan fingerprint density at radius 3 is 3.07 bits per heavy atom. The number of fused-ring (bicyclic) bond motifs is 2. The highest BCUT2D eigenvalue weighted by Gasteiger charge is 2.20. The van der Waals surface area contributed by atoms with Gasteiger partial charge in [0, 0.05) is 12.2 Å². The first-order valence-corrected chi connectivity index (χ1v) is 9.89. The highest BCUT2D eigenvalue weighted by molar-refractivity contribution is 5.74. The summed E-state index contributed by atoms with van der Waals surface area (Å²) in [7, 11) is 0. The zero-order chi connectivity index (χ0) is 18.5. The maximum Gasteiger partial charge on any atom is 0.121 e. The molecular weight excluding hydrogens is 336 g/mol. The van der Waals surface area contributed by atoms with Crippen LogP contribution in [0.15, 0.2) is 42.6 Å². The Kier molecular flexibility index (Phi) is 5.77. The summed E-state index contributed by atoms with van der Waals surface area (Å²) in [4.78, 5) is 12.5. The largest absolute Gasteiger partial charge is 0.341 e. The summed E-state index contributed by atoms with van der Waals surface area (Å²) >= 11 is 0. The quantitative estimate of drug-likeness (QED) is 0.364. The van der Waals surface area contributed by atoms with Gasteiger partial charge in [-0.2, -0.15) is 0 Å². The minimum Gasteiger partial charge on any atom is -0.341 e. The number of imidazole rings is 1. The zero-order valence-corrected chi connectivity index (χ0v) is 15.6. The molecule has 4 rings (SSSR count). The highest BCUT2D eigenvalue weighted by atomic mass is 15.1. The lowest BCUT2D eigenvalue weighted by molar-refractivity contribution is 0.418. The summed E-state index contributed by atoms with van der Waals surface area (Å²) in [5.41, 5.74) is 10.9. The van der Waals surface area contributed by atoms with Gasteiger partial charge in [0.1, 0.15) is 5.82 Å². The predicted molar refractivity (Wildman–Crippen MR) is 108 cm³/mol. The van der Waals surface area contributed by atoms with Crippen molar-refractivity contribution in [1.29, 1.82) is 0 Å². The lowest BCUT2D eigenvalue weighted by Gasteiger charge is -2.25. The number of nitrogens with two attached hydrogens (primary N) is 1. The van der Waals surface area contributed by atoms with E-state index in [4.69, 9.17) is 5.73 Å². The van der Waals surface area contributed by atoms with Crippen LogP contribution < -0.4 is 16.4 Å². The van der Waals surface area contributed by atoms with Gasteiger partial charge in [0.15, 0.2) is 0 Å². The molecular formula is C21H28N6. The van der Waals surface area contributed by atoms with Gasteiger partial charge < -0.3 is 16.0 Å². The van der Waals surface area contributed by atoms with Gasteiger partial charge >= 0.3 is 0 Å². The number of rotatable bonds is 8. The van der Waals surface area contributed by atoms with Crippen LogP contribution in [0.5, 0.6) is 0 Å². The minimum atomic E-state index is -0.0308. The lowest BCUT2D eigenvalue weighted by atomic mass is 9.92. The van der Waals surface area contributed by atoms with Crippen LogP contribution >= 0.6 is 0 Å². The second kappa shape index (κ2) is 8.61. The molecule has 2 aromatic heterocycles. The van der Waals surface area contributed by atoms with Crippen LogP contribution in [-0.4, -0.2) is 27.7 Å². The average Bonchev–Trinajstić information content (AvgIpc) is 3.13. The molecule has 6 nitrogen and oxygen atoms in total. The molecule has 1 aliphatic carbocycles. The summed E-state index contributed by atoms with van der Waals surface area (Å²) in [5, 5.41) is 7.02. The smallest absolute Gasteiger partial charge is 0.121 e. The Morgan fingerprint density at radius 1 is 1.22 bits per heavy atom. The number of benzene rings is 1. The van der Waals surface area contributed by atoms with Crippen molar-refractivity contribution in [3.63, 3.8) is 0 Å². The normalized spacial score (nSPS) is 17.7. The van der Waals surface area contributed by atoms with E-state index in [-0.39, 0.29) is 6.17 Å². The van der Waals surface area contributed by atoms with Crippen molar-refractivity contribution in [2.24, 2.45) is 5.73 Å². The van der Waals surface area contributed by atoms with Gasteiger partial charge in [-0.1, -0.05) is 18.2 Å². The Morgan fingerprint density at radius 2 is 2.15 bits per heavy atom. The number of hydrogen-bond donors (Lipinski definition) is 4. The van der Waals surface area contributed by atoms with Crippen LogP contribution in [0.25, 0.3) is 11.0 Å². The fourth-order valence-corrected chi connectivity index (χ4v) is 3.83. The van der Waals surface area contributed by atoms with Crippen LogP contribution in [0, 0.1) is 0 Å². The Labute approximate surface area is 160 Å². The molecule has 1 unspecified atom stereocenters. The van der Waals surface area contributed by atoms with Gasteiger partial charge in [0.25, 0.3) is 0 Å². The summed E-state index contributed by atoms with van der Waals surface area (Å²) in [6.07, 6.45) is 7.38. The molecule has 142 valence electrons. The van der Waals surface area contributed by atoms with Crippen LogP contribution in [-0.2, 0) is 13.0 Å². The van der Waals surface area contributed by atoms with Crippen LogP contribution in [0.2, 0.25) is 0 Å². The molecule has 0 aliphatic heterocycles. The molecule has 3 aromatic rings. The molecule has 1 aliphatic rings. The van der Waals surface area contributed by atoms with Crippen molar-refractivity contribution in [2.45, 2.75) is 50.9 Å². The van der Waals surface area contributed by atoms with Crippen molar-refractivity contribution >= 4 is 11.0 Å². The molecule has 0 bridgehead atoms. The number of aromatic nitrogens is 3. The molecule has 6 heteroatoms. The van der Waals surface area contributed by atoms with Crippen molar-refractivity contribution in [3.8, 4) is 0 Å². The molecule has 0 spiro atoms. The Bertz CT molecular complexity index is 841. The van der Waals surface area contributed by atoms with Crippen molar-refractivity contribution in [1.82, 2.24) is 25.6 Å². The summed E-state index contributed by atoms with van der Waals surface area (Å²) in [5.74, 6) is 0.926. The maximum absolute atomic E-state index is 6.22. The maximum atomic E-state index is 6.22. The standard InChI is InChI=1S/C21H28N6/c22-19(25-14-20-26-16-8-1-2-9-17(16)27-20)11-5-12-23-18-10-3-6-15-7-4-13-24-21(15)18/h1-2,4,7-9,13,18-19,23,25H,3,5-6,10-12,14,22H2,(H,26,27)/t18?,19-/m0/s1. The van der Waals surface area contributed by atoms with Crippen molar-refractivity contribution in [3.05, 3.63) is 59.7 Å². The first kappa shape index (κ1) is 18.1. The molecule has 5 N–H and O–H groups in total. The molecule has 27 heavy (non-hydrogen) atoms. The number of aromatic amines is 1. The third kappa shape index (κ3) is 4.53. The highest BCUT2D eigenvalue weighted by Crippen LogP contribution is 2.27. The number of H-pyrrole nitrogens is 1. The van der Waals surface area contributed by atoms with Crippen molar-refractivity contribution in [2.75, 3.05) is 6.54 Å². The van der Waals surface area contributed by atoms with Gasteiger partial charge in [-0.3, -0.25) is 10.3 Å². The third-order valence-electron chi connectivity index (χ3n) is 5.25. The molecule has 2 heterocycles. The molecule has 0 amide bonds. The topological polar surface area (TPSA) is 91.7 Å². The van der Waals surface area contributed by atoms with E-state index in [0.29, 0.717) is 12.6 Å². The summed E-state index contributed by atoms with van der Waals surface area (Å²) in [6.45, 7) is 1.61. The van der Waals surface area contributed by atoms with E-state index in [1.54, 1.807) is 0 Å². The van der Waals surface area contributed by atoms with E-state index in [1.807, 2.05) is 36.5 Å². The van der Waals surface area contributed by atoms with Crippen molar-refractivity contribution < 1.29 is 0 Å². The van der Waals surface area contributed by atoms with E-state index >= 15 is 0 Å². The van der Waals surface area contributed by atoms with Crippen LogP contribution in [0.4, 0.5) is 0 Å². The van der Waals surface area contributed by atoms with E-state index in [2.05, 4.69) is 31.7 Å². The minimum absolute atomic E-state index is 0.0308. The van der Waals surface area contributed by atoms with E-state index in [9.17, 15) is 0 Å². The second-order valence-electron chi connectivity index (χ2n) is 7.28. The summed E-state index contributed by atoms with van der Waals surface area (Å²) in [6, 6.07) is 12.7. The number of nitrogens with one attached hydrogen (secondary N) is 3. The van der Waals surface area contributed by atoms with Gasteiger partial charge in [-0.15, -0.1) is 0 Å². The number of hydrogen-bond acceptors (Lipinski definition) is 5. The molecule has 1 aromatic carbocycles.